The number of carboxylic acids is 1. The maximum absolute atomic E-state index is 12.3. The van der Waals surface area contributed by atoms with Crippen molar-refractivity contribution in [2.75, 3.05) is 0 Å². The second kappa shape index (κ2) is 8.12. The Hall–Kier alpha value is -2.70. The van der Waals surface area contributed by atoms with Gasteiger partial charge in [0.2, 0.25) is 5.91 Å². The fourth-order valence-corrected chi connectivity index (χ4v) is 3.37. The molecular weight excluding hydrogens is 372 g/mol. The quantitative estimate of drug-likeness (QED) is 0.672. The van der Waals surface area contributed by atoms with E-state index in [1.165, 1.54) is 11.3 Å². The first-order valence-electron chi connectivity index (χ1n) is 7.80. The molecule has 3 aromatic rings. The number of nitrogens with one attached hydrogen (secondary N) is 1. The van der Waals surface area contributed by atoms with Crippen LogP contribution in [0.1, 0.15) is 17.3 Å². The number of thiazole rings is 1. The van der Waals surface area contributed by atoms with Gasteiger partial charge in [-0.2, -0.15) is 0 Å². The summed E-state index contributed by atoms with van der Waals surface area (Å²) in [4.78, 5) is 28.2. The van der Waals surface area contributed by atoms with Crippen molar-refractivity contribution in [2.24, 2.45) is 0 Å². The van der Waals surface area contributed by atoms with Gasteiger partial charge >= 0.3 is 5.97 Å². The smallest absolute Gasteiger partial charge is 0.330 e. The number of aromatic nitrogens is 1. The molecule has 2 aromatic carbocycles. The molecule has 1 atom stereocenters. The van der Waals surface area contributed by atoms with Crippen molar-refractivity contribution < 1.29 is 14.7 Å². The normalized spacial score (nSPS) is 11.7. The number of carbonyl (C=O) groups is 2. The molecule has 0 aliphatic rings. The molecule has 0 radical (unpaired) electrons. The van der Waals surface area contributed by atoms with E-state index in [2.05, 4.69) is 10.3 Å². The number of carboxylic acid groups (broad SMARTS) is 1. The van der Waals surface area contributed by atoms with Crippen molar-refractivity contribution in [3.05, 3.63) is 76.3 Å². The van der Waals surface area contributed by atoms with Crippen molar-refractivity contribution in [2.45, 2.75) is 12.5 Å². The first-order chi connectivity index (χ1) is 12.5. The van der Waals surface area contributed by atoms with Gasteiger partial charge in [-0.25, -0.2) is 9.78 Å². The zero-order valence-corrected chi connectivity index (χ0v) is 15.1. The van der Waals surface area contributed by atoms with Crippen LogP contribution in [0, 0.1) is 0 Å². The molecule has 0 aliphatic carbocycles. The third kappa shape index (κ3) is 4.47. The van der Waals surface area contributed by atoms with Crippen LogP contribution in [-0.4, -0.2) is 22.0 Å². The van der Waals surface area contributed by atoms with Crippen LogP contribution in [-0.2, 0) is 16.0 Å². The molecule has 0 bridgehead atoms. The predicted octanol–water partition coefficient (Wildman–Crippen LogP) is 3.95. The van der Waals surface area contributed by atoms with Crippen LogP contribution in [0.3, 0.4) is 0 Å². The zero-order valence-electron chi connectivity index (χ0n) is 13.6. The maximum Gasteiger partial charge on any atom is 0.330 e. The standard InChI is InChI=1S/C19H15ClN2O3S/c20-14-8-6-13(7-9-14)18-21-15(11-26-18)10-16(23)22-17(19(24)25)12-4-2-1-3-5-12/h1-9,11,17H,10H2,(H,22,23)(H,24,25)/t17-/m1/s1. The third-order valence-electron chi connectivity index (χ3n) is 3.67. The first-order valence-corrected chi connectivity index (χ1v) is 9.06. The van der Waals surface area contributed by atoms with Crippen molar-refractivity contribution >= 4 is 34.8 Å². The molecule has 3 rings (SSSR count). The molecule has 0 saturated carbocycles. The summed E-state index contributed by atoms with van der Waals surface area (Å²) in [6.45, 7) is 0. The van der Waals surface area contributed by atoms with Gasteiger partial charge in [0.25, 0.3) is 0 Å². The van der Waals surface area contributed by atoms with Crippen LogP contribution in [0.25, 0.3) is 10.6 Å². The molecule has 26 heavy (non-hydrogen) atoms. The van der Waals surface area contributed by atoms with E-state index < -0.39 is 17.9 Å². The zero-order chi connectivity index (χ0) is 18.5. The summed E-state index contributed by atoms with van der Waals surface area (Å²) in [5.74, 6) is -1.50. The minimum atomic E-state index is -1.11. The van der Waals surface area contributed by atoms with Crippen molar-refractivity contribution in [3.63, 3.8) is 0 Å². The molecule has 5 nitrogen and oxygen atoms in total. The molecule has 0 saturated heterocycles. The Morgan fingerprint density at radius 2 is 1.81 bits per heavy atom. The molecule has 1 heterocycles. The van der Waals surface area contributed by atoms with Crippen molar-refractivity contribution in [1.82, 2.24) is 10.3 Å². The lowest BCUT2D eigenvalue weighted by Crippen LogP contribution is -2.34. The highest BCUT2D eigenvalue weighted by Gasteiger charge is 2.22. The highest BCUT2D eigenvalue weighted by atomic mass is 35.5. The first kappa shape index (κ1) is 18.1. The van der Waals surface area contributed by atoms with E-state index in [4.69, 9.17) is 11.6 Å². The van der Waals surface area contributed by atoms with E-state index in [9.17, 15) is 14.7 Å². The minimum absolute atomic E-state index is 0.0146. The highest BCUT2D eigenvalue weighted by Crippen LogP contribution is 2.25. The summed E-state index contributed by atoms with van der Waals surface area (Å²) in [5, 5.41) is 15.1. The Labute approximate surface area is 159 Å². The molecule has 2 N–H and O–H groups in total. The van der Waals surface area contributed by atoms with E-state index >= 15 is 0 Å². The average molecular weight is 387 g/mol. The maximum atomic E-state index is 12.3. The Morgan fingerprint density at radius 1 is 1.12 bits per heavy atom. The molecule has 0 unspecified atom stereocenters. The molecule has 0 spiro atoms. The van der Waals surface area contributed by atoms with E-state index in [1.807, 2.05) is 12.1 Å². The van der Waals surface area contributed by atoms with Gasteiger partial charge in [-0.05, 0) is 17.7 Å². The van der Waals surface area contributed by atoms with Crippen LogP contribution >= 0.6 is 22.9 Å². The fourth-order valence-electron chi connectivity index (χ4n) is 2.42. The molecule has 1 amide bonds. The van der Waals surface area contributed by atoms with Gasteiger partial charge in [0.15, 0.2) is 6.04 Å². The number of aliphatic carboxylic acids is 1. The SMILES string of the molecule is O=C(Cc1csc(-c2ccc(Cl)cc2)n1)N[C@@H](C(=O)O)c1ccccc1. The average Bonchev–Trinajstić information content (AvgIpc) is 3.09. The second-order valence-corrected chi connectivity index (χ2v) is 6.87. The van der Waals surface area contributed by atoms with Gasteiger partial charge in [-0.3, -0.25) is 4.79 Å². The van der Waals surface area contributed by atoms with Crippen molar-refractivity contribution in [3.8, 4) is 10.6 Å². The number of amides is 1. The Bertz CT molecular complexity index is 910. The van der Waals surface area contributed by atoms with E-state index in [1.54, 1.807) is 47.8 Å². The Kier molecular flexibility index (Phi) is 5.65. The van der Waals surface area contributed by atoms with E-state index in [0.717, 1.165) is 10.6 Å². The number of nitrogens with zero attached hydrogens (tertiary/aromatic N) is 1. The van der Waals surface area contributed by atoms with Gasteiger partial charge in [-0.1, -0.05) is 54.1 Å². The van der Waals surface area contributed by atoms with Crippen LogP contribution in [0.5, 0.6) is 0 Å². The van der Waals surface area contributed by atoms with Crippen LogP contribution in [0.2, 0.25) is 5.02 Å². The molecule has 1 aromatic heterocycles. The minimum Gasteiger partial charge on any atom is -0.479 e. The molecule has 0 aliphatic heterocycles. The Morgan fingerprint density at radius 3 is 2.46 bits per heavy atom. The van der Waals surface area contributed by atoms with E-state index in [-0.39, 0.29) is 6.42 Å². The molecular formula is C19H15ClN2O3S. The van der Waals surface area contributed by atoms with Gasteiger partial charge in [0.05, 0.1) is 12.1 Å². The predicted molar refractivity (Wildman–Crippen MR) is 101 cm³/mol. The lowest BCUT2D eigenvalue weighted by atomic mass is 10.1. The molecule has 0 fully saturated rings. The number of rotatable bonds is 6. The number of hydrogen-bond acceptors (Lipinski definition) is 4. The summed E-state index contributed by atoms with van der Waals surface area (Å²) in [5.41, 5.74) is 2.03. The van der Waals surface area contributed by atoms with Crippen LogP contribution < -0.4 is 5.32 Å². The second-order valence-electron chi connectivity index (χ2n) is 5.58. The van der Waals surface area contributed by atoms with Gasteiger partial charge < -0.3 is 10.4 Å². The largest absolute Gasteiger partial charge is 0.479 e. The lowest BCUT2D eigenvalue weighted by molar-refractivity contribution is -0.142. The number of carbonyl (C=O) groups excluding carboxylic acids is 1. The summed E-state index contributed by atoms with van der Waals surface area (Å²) < 4.78 is 0. The summed E-state index contributed by atoms with van der Waals surface area (Å²) >= 11 is 7.30. The topological polar surface area (TPSA) is 79.3 Å². The fraction of sp³-hybridized carbons (Fsp3) is 0.105. The van der Waals surface area contributed by atoms with E-state index in [0.29, 0.717) is 16.3 Å². The molecule has 132 valence electrons. The third-order valence-corrected chi connectivity index (χ3v) is 4.86. The molecule has 7 heteroatoms. The highest BCUT2D eigenvalue weighted by molar-refractivity contribution is 7.13. The van der Waals surface area contributed by atoms with Crippen LogP contribution in [0.4, 0.5) is 0 Å². The van der Waals surface area contributed by atoms with Gasteiger partial charge in [-0.15, -0.1) is 11.3 Å². The summed E-state index contributed by atoms with van der Waals surface area (Å²) in [6.07, 6.45) is 0.0146. The van der Waals surface area contributed by atoms with Gasteiger partial charge in [0, 0.05) is 16.0 Å². The Balaban J connectivity index is 1.68. The van der Waals surface area contributed by atoms with Gasteiger partial charge in [0.1, 0.15) is 5.01 Å². The monoisotopic (exact) mass is 386 g/mol. The number of benzene rings is 2. The van der Waals surface area contributed by atoms with Crippen molar-refractivity contribution in [1.29, 1.82) is 0 Å². The number of hydrogen-bond donors (Lipinski definition) is 2. The summed E-state index contributed by atoms with van der Waals surface area (Å²) in [7, 11) is 0. The number of halogens is 1. The lowest BCUT2D eigenvalue weighted by Gasteiger charge is -2.14. The van der Waals surface area contributed by atoms with Crippen LogP contribution in [0.15, 0.2) is 60.0 Å². The summed E-state index contributed by atoms with van der Waals surface area (Å²) in [6, 6.07) is 14.8.